The second kappa shape index (κ2) is 6.73. The summed E-state index contributed by atoms with van der Waals surface area (Å²) in [4.78, 5) is 0. The van der Waals surface area contributed by atoms with Gasteiger partial charge < -0.3 is 4.74 Å². The van der Waals surface area contributed by atoms with E-state index in [2.05, 4.69) is 4.74 Å². The Morgan fingerprint density at radius 3 is 2.17 bits per heavy atom. The van der Waals surface area contributed by atoms with Crippen LogP contribution >= 0.6 is 0 Å². The lowest BCUT2D eigenvalue weighted by atomic mass is 9.99. The van der Waals surface area contributed by atoms with Crippen molar-refractivity contribution in [1.82, 2.24) is 0 Å². The van der Waals surface area contributed by atoms with Crippen LogP contribution in [0.2, 0.25) is 0 Å². The standard InChI is InChI=1S/C19H15F3O/c20-18(11-13-5-9-17(10-6-13)23-19(21)22)16-8-7-14-3-1-2-4-15(14)12-16/h1-10,12,18-19H,11H2. The molecule has 1 nitrogen and oxygen atoms in total. The van der Waals surface area contributed by atoms with Gasteiger partial charge in [0, 0.05) is 6.42 Å². The molecule has 0 aliphatic rings. The first-order valence-electron chi connectivity index (χ1n) is 7.28. The zero-order valence-electron chi connectivity index (χ0n) is 12.3. The van der Waals surface area contributed by atoms with E-state index in [1.165, 1.54) is 12.1 Å². The van der Waals surface area contributed by atoms with Crippen molar-refractivity contribution in [3.8, 4) is 5.75 Å². The average molecular weight is 316 g/mol. The molecule has 3 aromatic carbocycles. The maximum Gasteiger partial charge on any atom is 0.387 e. The third-order valence-corrected chi connectivity index (χ3v) is 3.70. The van der Waals surface area contributed by atoms with E-state index in [0.29, 0.717) is 5.56 Å². The van der Waals surface area contributed by atoms with E-state index < -0.39 is 12.8 Å². The van der Waals surface area contributed by atoms with Gasteiger partial charge in [0.05, 0.1) is 0 Å². The molecule has 0 aliphatic carbocycles. The van der Waals surface area contributed by atoms with Crippen LogP contribution in [0.4, 0.5) is 13.2 Å². The molecule has 1 unspecified atom stereocenters. The van der Waals surface area contributed by atoms with Gasteiger partial charge in [-0.25, -0.2) is 4.39 Å². The number of ether oxygens (including phenoxy) is 1. The van der Waals surface area contributed by atoms with E-state index in [-0.39, 0.29) is 12.2 Å². The molecule has 0 saturated heterocycles. The molecular formula is C19H15F3O. The first kappa shape index (κ1) is 15.4. The Labute approximate surface area is 132 Å². The molecule has 3 aromatic rings. The van der Waals surface area contributed by atoms with Crippen LogP contribution in [-0.4, -0.2) is 6.61 Å². The van der Waals surface area contributed by atoms with E-state index in [1.54, 1.807) is 18.2 Å². The zero-order valence-corrected chi connectivity index (χ0v) is 12.3. The van der Waals surface area contributed by atoms with Crippen LogP contribution in [0.15, 0.2) is 66.7 Å². The first-order valence-corrected chi connectivity index (χ1v) is 7.28. The smallest absolute Gasteiger partial charge is 0.387 e. The second-order valence-electron chi connectivity index (χ2n) is 5.30. The van der Waals surface area contributed by atoms with Crippen LogP contribution in [0.3, 0.4) is 0 Å². The number of hydrogen-bond donors (Lipinski definition) is 0. The third-order valence-electron chi connectivity index (χ3n) is 3.70. The summed E-state index contributed by atoms with van der Waals surface area (Å²) >= 11 is 0. The molecule has 0 heterocycles. The Balaban J connectivity index is 1.73. The van der Waals surface area contributed by atoms with Crippen LogP contribution in [-0.2, 0) is 6.42 Å². The Kier molecular flexibility index (Phi) is 4.51. The molecule has 3 rings (SSSR count). The first-order chi connectivity index (χ1) is 11.1. The van der Waals surface area contributed by atoms with Gasteiger partial charge in [-0.2, -0.15) is 8.78 Å². The second-order valence-corrected chi connectivity index (χ2v) is 5.30. The number of hydrogen-bond acceptors (Lipinski definition) is 1. The SMILES string of the molecule is FC(F)Oc1ccc(CC(F)c2ccc3ccccc3c2)cc1. The molecule has 0 bridgehead atoms. The molecule has 0 radical (unpaired) electrons. The maximum absolute atomic E-state index is 14.5. The fraction of sp³-hybridized carbons (Fsp3) is 0.158. The van der Waals surface area contributed by atoms with Gasteiger partial charge in [-0.1, -0.05) is 48.5 Å². The lowest BCUT2D eigenvalue weighted by Gasteiger charge is -2.11. The van der Waals surface area contributed by atoms with Crippen molar-refractivity contribution in [3.05, 3.63) is 77.9 Å². The van der Waals surface area contributed by atoms with Gasteiger partial charge in [0.25, 0.3) is 0 Å². The molecule has 23 heavy (non-hydrogen) atoms. The summed E-state index contributed by atoms with van der Waals surface area (Å²) < 4.78 is 43.0. The third kappa shape index (κ3) is 3.83. The zero-order chi connectivity index (χ0) is 16.2. The Morgan fingerprint density at radius 2 is 1.48 bits per heavy atom. The van der Waals surface area contributed by atoms with Gasteiger partial charge in [-0.15, -0.1) is 0 Å². The summed E-state index contributed by atoms with van der Waals surface area (Å²) in [6.45, 7) is -2.85. The van der Waals surface area contributed by atoms with Crippen molar-refractivity contribution < 1.29 is 17.9 Å². The number of rotatable bonds is 5. The molecule has 0 aromatic heterocycles. The van der Waals surface area contributed by atoms with Crippen molar-refractivity contribution >= 4 is 10.8 Å². The van der Waals surface area contributed by atoms with Crippen molar-refractivity contribution in [2.75, 3.05) is 0 Å². The Morgan fingerprint density at radius 1 is 0.783 bits per heavy atom. The van der Waals surface area contributed by atoms with E-state index >= 15 is 0 Å². The maximum atomic E-state index is 14.5. The lowest BCUT2D eigenvalue weighted by Crippen LogP contribution is -2.02. The van der Waals surface area contributed by atoms with Gasteiger partial charge >= 0.3 is 6.61 Å². The predicted molar refractivity (Wildman–Crippen MR) is 84.6 cm³/mol. The van der Waals surface area contributed by atoms with E-state index in [9.17, 15) is 13.2 Å². The average Bonchev–Trinajstić information content (AvgIpc) is 2.55. The minimum Gasteiger partial charge on any atom is -0.435 e. The van der Waals surface area contributed by atoms with Gasteiger partial charge in [0.2, 0.25) is 0 Å². The Hall–Kier alpha value is -2.49. The molecule has 0 spiro atoms. The van der Waals surface area contributed by atoms with Crippen molar-refractivity contribution in [3.63, 3.8) is 0 Å². The van der Waals surface area contributed by atoms with Crippen molar-refractivity contribution in [1.29, 1.82) is 0 Å². The van der Waals surface area contributed by atoms with Gasteiger partial charge in [0.1, 0.15) is 11.9 Å². The Bertz CT molecular complexity index is 784. The summed E-state index contributed by atoms with van der Waals surface area (Å²) in [6.07, 6.45) is -0.964. The molecule has 0 N–H and O–H groups in total. The summed E-state index contributed by atoms with van der Waals surface area (Å²) in [5.74, 6) is 0.0739. The quantitative estimate of drug-likeness (QED) is 0.587. The van der Waals surface area contributed by atoms with E-state index in [0.717, 1.165) is 16.3 Å². The fourth-order valence-electron chi connectivity index (χ4n) is 2.53. The number of halogens is 3. The number of benzene rings is 3. The van der Waals surface area contributed by atoms with Gasteiger partial charge in [-0.3, -0.25) is 0 Å². The van der Waals surface area contributed by atoms with Crippen LogP contribution in [0.1, 0.15) is 17.3 Å². The van der Waals surface area contributed by atoms with Crippen molar-refractivity contribution in [2.45, 2.75) is 19.2 Å². The summed E-state index contributed by atoms with van der Waals surface area (Å²) in [6, 6.07) is 19.4. The molecule has 118 valence electrons. The van der Waals surface area contributed by atoms with Crippen LogP contribution in [0.5, 0.6) is 5.75 Å². The van der Waals surface area contributed by atoms with E-state index in [1.807, 2.05) is 36.4 Å². The minimum absolute atomic E-state index is 0.0739. The highest BCUT2D eigenvalue weighted by Crippen LogP contribution is 2.26. The lowest BCUT2D eigenvalue weighted by molar-refractivity contribution is -0.0498. The molecular weight excluding hydrogens is 301 g/mol. The molecule has 0 saturated carbocycles. The highest BCUT2D eigenvalue weighted by atomic mass is 19.3. The number of fused-ring (bicyclic) bond motifs is 1. The molecule has 0 aliphatic heterocycles. The van der Waals surface area contributed by atoms with Gasteiger partial charge in [-0.05, 0) is 40.1 Å². The van der Waals surface area contributed by atoms with Crippen molar-refractivity contribution in [2.24, 2.45) is 0 Å². The highest BCUT2D eigenvalue weighted by molar-refractivity contribution is 5.83. The van der Waals surface area contributed by atoms with Crippen LogP contribution < -0.4 is 4.74 Å². The van der Waals surface area contributed by atoms with Crippen LogP contribution in [0, 0.1) is 0 Å². The topological polar surface area (TPSA) is 9.23 Å². The number of alkyl halides is 3. The normalized spacial score (nSPS) is 12.5. The molecule has 1 atom stereocenters. The van der Waals surface area contributed by atoms with E-state index in [4.69, 9.17) is 0 Å². The monoisotopic (exact) mass is 316 g/mol. The van der Waals surface area contributed by atoms with Gasteiger partial charge in [0.15, 0.2) is 0 Å². The minimum atomic E-state index is -2.85. The predicted octanol–water partition coefficient (Wildman–Crippen LogP) is 5.69. The summed E-state index contributed by atoms with van der Waals surface area (Å²) in [5, 5.41) is 2.06. The summed E-state index contributed by atoms with van der Waals surface area (Å²) in [7, 11) is 0. The van der Waals surface area contributed by atoms with Crippen LogP contribution in [0.25, 0.3) is 10.8 Å². The summed E-state index contributed by atoms with van der Waals surface area (Å²) in [5.41, 5.74) is 1.34. The fourth-order valence-corrected chi connectivity index (χ4v) is 2.53. The molecule has 0 fully saturated rings. The molecule has 4 heteroatoms. The highest BCUT2D eigenvalue weighted by Gasteiger charge is 2.12. The largest absolute Gasteiger partial charge is 0.435 e. The molecule has 0 amide bonds.